The summed E-state index contributed by atoms with van der Waals surface area (Å²) >= 11 is 0. The molecule has 0 atom stereocenters. The molecule has 9 nitrogen and oxygen atoms in total. The van der Waals surface area contributed by atoms with Gasteiger partial charge in [0, 0.05) is 31.5 Å². The highest BCUT2D eigenvalue weighted by Crippen LogP contribution is 2.14. The maximum Gasteiger partial charge on any atom is 0.330 e. The van der Waals surface area contributed by atoms with Crippen molar-refractivity contribution >= 4 is 21.6 Å². The summed E-state index contributed by atoms with van der Waals surface area (Å²) in [4.78, 5) is 34.0. The molecule has 0 radical (unpaired) electrons. The van der Waals surface area contributed by atoms with Gasteiger partial charge in [-0.25, -0.2) is 13.2 Å². The van der Waals surface area contributed by atoms with Crippen molar-refractivity contribution < 1.29 is 13.2 Å². The van der Waals surface area contributed by atoms with Crippen LogP contribution in [0.4, 0.5) is 5.69 Å². The summed E-state index contributed by atoms with van der Waals surface area (Å²) in [7, 11) is -1.68. The average Bonchev–Trinajstić information content (AvgIpc) is 2.48. The van der Waals surface area contributed by atoms with Gasteiger partial charge in [0.15, 0.2) is 4.90 Å². The topological polar surface area (TPSA) is 133 Å². The summed E-state index contributed by atoms with van der Waals surface area (Å²) in [6.45, 7) is 0. The van der Waals surface area contributed by atoms with Gasteiger partial charge in [0.25, 0.3) is 15.6 Å². The van der Waals surface area contributed by atoms with Crippen LogP contribution in [0.2, 0.25) is 0 Å². The number of hydrogen-bond acceptors (Lipinski definition) is 5. The predicted octanol–water partition coefficient (Wildman–Crippen LogP) is -1.02. The molecule has 3 N–H and O–H groups in total. The lowest BCUT2D eigenvalue weighted by atomic mass is 10.2. The molecule has 23 heavy (non-hydrogen) atoms. The Bertz CT molecular complexity index is 987. The van der Waals surface area contributed by atoms with Crippen molar-refractivity contribution in [2.45, 2.75) is 4.90 Å². The van der Waals surface area contributed by atoms with Crippen LogP contribution in [-0.4, -0.2) is 23.5 Å². The summed E-state index contributed by atoms with van der Waals surface area (Å²) in [5.74, 6) is -0.647. The van der Waals surface area contributed by atoms with Gasteiger partial charge in [-0.2, -0.15) is 0 Å². The lowest BCUT2D eigenvalue weighted by Gasteiger charge is -2.10. The Hall–Kier alpha value is -2.88. The number of nitrogens with one attached hydrogen (secondary N) is 1. The van der Waals surface area contributed by atoms with Crippen molar-refractivity contribution in [1.82, 2.24) is 9.13 Å². The molecule has 0 saturated carbocycles. The summed E-state index contributed by atoms with van der Waals surface area (Å²) in [6, 6.07) is 5.37. The monoisotopic (exact) mass is 338 g/mol. The minimum Gasteiger partial charge on any atom is -0.366 e. The predicted molar refractivity (Wildman–Crippen MR) is 82.7 cm³/mol. The standard InChI is InChI=1S/C13H14N4O5S/c1-16-7-10(12(19)17(2)13(16)20)23(21,22)15-9-5-3-8(4-6-9)11(14)18/h3-7,15H,1-2H3,(H2,14,18). The van der Waals surface area contributed by atoms with Crippen LogP contribution in [0, 0.1) is 0 Å². The number of nitrogens with two attached hydrogens (primary N) is 1. The third-order valence-electron chi connectivity index (χ3n) is 3.13. The van der Waals surface area contributed by atoms with Crippen molar-refractivity contribution in [3.05, 3.63) is 56.9 Å². The molecular formula is C13H14N4O5S. The second-order valence-corrected chi connectivity index (χ2v) is 6.45. The number of benzene rings is 1. The first-order chi connectivity index (χ1) is 10.6. The number of carbonyl (C=O) groups excluding carboxylic acids is 1. The number of primary amides is 1. The Balaban J connectivity index is 2.46. The Labute approximate surface area is 131 Å². The van der Waals surface area contributed by atoms with Gasteiger partial charge in [0.2, 0.25) is 5.91 Å². The van der Waals surface area contributed by atoms with Gasteiger partial charge in [-0.1, -0.05) is 0 Å². The third kappa shape index (κ3) is 3.16. The number of nitrogens with zero attached hydrogens (tertiary/aromatic N) is 2. The molecule has 0 saturated heterocycles. The first kappa shape index (κ1) is 16.5. The second-order valence-electron chi connectivity index (χ2n) is 4.80. The summed E-state index contributed by atoms with van der Waals surface area (Å²) in [5.41, 5.74) is 3.88. The minimum absolute atomic E-state index is 0.144. The fraction of sp³-hybridized carbons (Fsp3) is 0.154. The first-order valence-corrected chi connectivity index (χ1v) is 7.81. The molecule has 1 amide bonds. The summed E-state index contributed by atoms with van der Waals surface area (Å²) < 4.78 is 28.5. The zero-order chi connectivity index (χ0) is 17.4. The third-order valence-corrected chi connectivity index (χ3v) is 4.49. The molecule has 10 heteroatoms. The van der Waals surface area contributed by atoms with Crippen molar-refractivity contribution in [3.8, 4) is 0 Å². The van der Waals surface area contributed by atoms with E-state index in [9.17, 15) is 22.8 Å². The molecule has 0 bridgehead atoms. The van der Waals surface area contributed by atoms with Crippen molar-refractivity contribution in [1.29, 1.82) is 0 Å². The molecule has 1 heterocycles. The highest BCUT2D eigenvalue weighted by molar-refractivity contribution is 7.92. The Kier molecular flexibility index (Phi) is 4.10. The quantitative estimate of drug-likeness (QED) is 0.736. The van der Waals surface area contributed by atoms with Crippen molar-refractivity contribution in [2.24, 2.45) is 19.8 Å². The molecule has 122 valence electrons. The van der Waals surface area contributed by atoms with E-state index >= 15 is 0 Å². The van der Waals surface area contributed by atoms with Crippen LogP contribution in [0.3, 0.4) is 0 Å². The van der Waals surface area contributed by atoms with E-state index in [0.29, 0.717) is 4.57 Å². The molecule has 2 aromatic rings. The molecule has 0 spiro atoms. The fourth-order valence-electron chi connectivity index (χ4n) is 1.87. The zero-order valence-corrected chi connectivity index (χ0v) is 13.1. The molecule has 0 aliphatic heterocycles. The molecule has 0 aliphatic rings. The summed E-state index contributed by atoms with van der Waals surface area (Å²) in [5, 5.41) is 0. The van der Waals surface area contributed by atoms with E-state index in [1.807, 2.05) is 0 Å². The number of aromatic nitrogens is 2. The number of hydrogen-bond donors (Lipinski definition) is 2. The summed E-state index contributed by atoms with van der Waals surface area (Å²) in [6.07, 6.45) is 0.949. The van der Waals surface area contributed by atoms with Crippen LogP contribution in [0.15, 0.2) is 44.9 Å². The van der Waals surface area contributed by atoms with Gasteiger partial charge in [-0.15, -0.1) is 0 Å². The van der Waals surface area contributed by atoms with Gasteiger partial charge < -0.3 is 10.3 Å². The van der Waals surface area contributed by atoms with Crippen LogP contribution >= 0.6 is 0 Å². The lowest BCUT2D eigenvalue weighted by Crippen LogP contribution is -2.40. The molecule has 0 aliphatic carbocycles. The zero-order valence-electron chi connectivity index (χ0n) is 12.3. The van der Waals surface area contributed by atoms with E-state index in [1.165, 1.54) is 38.4 Å². The SMILES string of the molecule is Cn1cc(S(=O)(=O)Nc2ccc(C(N)=O)cc2)c(=O)n(C)c1=O. The first-order valence-electron chi connectivity index (χ1n) is 6.33. The van der Waals surface area contributed by atoms with Gasteiger partial charge >= 0.3 is 5.69 Å². The van der Waals surface area contributed by atoms with Gasteiger partial charge in [-0.05, 0) is 24.3 Å². The van der Waals surface area contributed by atoms with E-state index in [-0.39, 0.29) is 11.3 Å². The largest absolute Gasteiger partial charge is 0.366 e. The average molecular weight is 338 g/mol. The van der Waals surface area contributed by atoms with Crippen LogP contribution in [0.5, 0.6) is 0 Å². The van der Waals surface area contributed by atoms with E-state index < -0.39 is 32.1 Å². The number of amides is 1. The minimum atomic E-state index is -4.20. The van der Waals surface area contributed by atoms with Crippen LogP contribution in [-0.2, 0) is 24.1 Å². The van der Waals surface area contributed by atoms with E-state index in [1.54, 1.807) is 0 Å². The number of carbonyl (C=O) groups is 1. The van der Waals surface area contributed by atoms with Gasteiger partial charge in [-0.3, -0.25) is 18.9 Å². The molecule has 1 aromatic heterocycles. The fourth-order valence-corrected chi connectivity index (χ4v) is 3.09. The lowest BCUT2D eigenvalue weighted by molar-refractivity contribution is 0.100. The molecular weight excluding hydrogens is 324 g/mol. The van der Waals surface area contributed by atoms with Crippen molar-refractivity contribution in [3.63, 3.8) is 0 Å². The maximum absolute atomic E-state index is 12.3. The number of aryl methyl sites for hydroxylation is 1. The highest BCUT2D eigenvalue weighted by Gasteiger charge is 2.21. The normalized spacial score (nSPS) is 11.2. The van der Waals surface area contributed by atoms with Crippen LogP contribution in [0.25, 0.3) is 0 Å². The molecule has 2 rings (SSSR count). The van der Waals surface area contributed by atoms with E-state index in [0.717, 1.165) is 10.8 Å². The Morgan fingerprint density at radius 2 is 1.70 bits per heavy atom. The Morgan fingerprint density at radius 3 is 2.22 bits per heavy atom. The van der Waals surface area contributed by atoms with Gasteiger partial charge in [0.05, 0.1) is 0 Å². The molecule has 0 fully saturated rings. The molecule has 1 aromatic carbocycles. The second kappa shape index (κ2) is 5.72. The van der Waals surface area contributed by atoms with Crippen LogP contribution < -0.4 is 21.7 Å². The van der Waals surface area contributed by atoms with Crippen molar-refractivity contribution in [2.75, 3.05) is 4.72 Å². The maximum atomic E-state index is 12.3. The Morgan fingerprint density at radius 1 is 1.13 bits per heavy atom. The smallest absolute Gasteiger partial charge is 0.330 e. The number of sulfonamides is 1. The van der Waals surface area contributed by atoms with Crippen LogP contribution in [0.1, 0.15) is 10.4 Å². The number of anilines is 1. The number of rotatable bonds is 4. The van der Waals surface area contributed by atoms with Gasteiger partial charge in [0.1, 0.15) is 0 Å². The van der Waals surface area contributed by atoms with E-state index in [2.05, 4.69) is 4.72 Å². The van der Waals surface area contributed by atoms with E-state index in [4.69, 9.17) is 5.73 Å². The molecule has 0 unspecified atom stereocenters. The highest BCUT2D eigenvalue weighted by atomic mass is 32.2.